The first kappa shape index (κ1) is 17.4. The van der Waals surface area contributed by atoms with Crippen LogP contribution >= 0.6 is 0 Å². The third kappa shape index (κ3) is 4.22. The molecule has 0 bridgehead atoms. The number of carbonyl (C=O) groups excluding carboxylic acids is 2. The summed E-state index contributed by atoms with van der Waals surface area (Å²) in [5.74, 6) is 0.243. The van der Waals surface area contributed by atoms with E-state index in [0.29, 0.717) is 35.8 Å². The van der Waals surface area contributed by atoms with Crippen molar-refractivity contribution in [2.45, 2.75) is 31.4 Å². The van der Waals surface area contributed by atoms with Crippen LogP contribution in [0.15, 0.2) is 48.5 Å². The molecule has 0 aromatic heterocycles. The van der Waals surface area contributed by atoms with Crippen molar-refractivity contribution in [3.63, 3.8) is 0 Å². The van der Waals surface area contributed by atoms with Crippen LogP contribution in [0.25, 0.3) is 0 Å². The first-order chi connectivity index (χ1) is 13.2. The zero-order valence-electron chi connectivity index (χ0n) is 14.9. The molecule has 1 N–H and O–H groups in total. The minimum absolute atomic E-state index is 0.181. The van der Waals surface area contributed by atoms with Crippen molar-refractivity contribution in [2.24, 2.45) is 0 Å². The summed E-state index contributed by atoms with van der Waals surface area (Å²) in [5, 5.41) is 2.91. The van der Waals surface area contributed by atoms with E-state index < -0.39 is 12.1 Å². The maximum absolute atomic E-state index is 12.7. The van der Waals surface area contributed by atoms with Gasteiger partial charge in [0.2, 0.25) is 6.10 Å². The van der Waals surface area contributed by atoms with Crippen molar-refractivity contribution in [1.29, 1.82) is 0 Å². The average molecular weight is 367 g/mol. The molecule has 1 heterocycles. The van der Waals surface area contributed by atoms with E-state index in [4.69, 9.17) is 14.2 Å². The first-order valence-corrected chi connectivity index (χ1v) is 9.16. The van der Waals surface area contributed by atoms with Crippen molar-refractivity contribution in [3.8, 4) is 11.5 Å². The summed E-state index contributed by atoms with van der Waals surface area (Å²) in [6.45, 7) is 1.11. The molecular weight excluding hydrogens is 346 g/mol. The molecule has 140 valence electrons. The lowest BCUT2D eigenvalue weighted by atomic mass is 10.1. The number of benzene rings is 2. The van der Waals surface area contributed by atoms with Gasteiger partial charge in [-0.05, 0) is 31.0 Å². The quantitative estimate of drug-likeness (QED) is 0.823. The molecule has 27 heavy (non-hydrogen) atoms. The number of hydrogen-bond donors (Lipinski definition) is 1. The van der Waals surface area contributed by atoms with Crippen LogP contribution < -0.4 is 14.8 Å². The summed E-state index contributed by atoms with van der Waals surface area (Å²) in [6.07, 6.45) is 1.72. The predicted octanol–water partition coefficient (Wildman–Crippen LogP) is 3.02. The van der Waals surface area contributed by atoms with Crippen molar-refractivity contribution in [2.75, 3.05) is 13.2 Å². The molecule has 1 fully saturated rings. The molecule has 1 amide bonds. The fourth-order valence-corrected chi connectivity index (χ4v) is 2.87. The van der Waals surface area contributed by atoms with Crippen molar-refractivity contribution < 1.29 is 23.8 Å². The lowest BCUT2D eigenvalue weighted by Gasteiger charge is -2.18. The molecule has 1 saturated carbocycles. The lowest BCUT2D eigenvalue weighted by Crippen LogP contribution is -2.33. The van der Waals surface area contributed by atoms with Crippen molar-refractivity contribution >= 4 is 11.9 Å². The predicted molar refractivity (Wildman–Crippen MR) is 97.8 cm³/mol. The number of amides is 1. The highest BCUT2D eigenvalue weighted by atomic mass is 16.5. The molecule has 1 aliphatic carbocycles. The van der Waals surface area contributed by atoms with Gasteiger partial charge in [-0.1, -0.05) is 30.3 Å². The topological polar surface area (TPSA) is 73.9 Å². The summed E-state index contributed by atoms with van der Waals surface area (Å²) in [7, 11) is 0. The van der Waals surface area contributed by atoms with Gasteiger partial charge in [-0.25, -0.2) is 4.79 Å². The number of carbonyl (C=O) groups is 2. The van der Waals surface area contributed by atoms with Gasteiger partial charge < -0.3 is 19.5 Å². The second-order valence-electron chi connectivity index (χ2n) is 6.69. The Hall–Kier alpha value is -3.02. The Morgan fingerprint density at radius 2 is 1.74 bits per heavy atom. The smallest absolute Gasteiger partial charge is 0.339 e. The highest BCUT2D eigenvalue weighted by Gasteiger charge is 2.31. The van der Waals surface area contributed by atoms with Crippen molar-refractivity contribution in [1.82, 2.24) is 5.32 Å². The number of hydrogen-bond acceptors (Lipinski definition) is 5. The zero-order valence-corrected chi connectivity index (χ0v) is 14.9. The fraction of sp³-hybridized carbons (Fsp3) is 0.333. The van der Waals surface area contributed by atoms with Crippen LogP contribution in [0.4, 0.5) is 0 Å². The van der Waals surface area contributed by atoms with E-state index >= 15 is 0 Å². The van der Waals surface area contributed by atoms with Crippen LogP contribution in [-0.2, 0) is 9.53 Å². The molecule has 1 unspecified atom stereocenters. The molecule has 6 heteroatoms. The van der Waals surface area contributed by atoms with E-state index in [0.717, 1.165) is 19.3 Å². The Bertz CT molecular complexity index is 832. The summed E-state index contributed by atoms with van der Waals surface area (Å²) in [4.78, 5) is 25.3. The molecule has 6 nitrogen and oxygen atoms in total. The molecule has 2 aromatic rings. The Morgan fingerprint density at radius 1 is 1.00 bits per heavy atom. The van der Waals surface area contributed by atoms with Gasteiger partial charge in [0, 0.05) is 18.0 Å². The SMILES string of the molecule is O=C(OC(C(=O)NC1CC1)c1ccccc1)c1ccc2c(c1)OCCCO2. The maximum atomic E-state index is 12.7. The highest BCUT2D eigenvalue weighted by Crippen LogP contribution is 2.31. The van der Waals surface area contributed by atoms with Crippen LogP contribution in [0.3, 0.4) is 0 Å². The monoisotopic (exact) mass is 367 g/mol. The summed E-state index contributed by atoms with van der Waals surface area (Å²) in [6, 6.07) is 14.1. The third-order valence-electron chi connectivity index (χ3n) is 4.47. The van der Waals surface area contributed by atoms with E-state index in [9.17, 15) is 9.59 Å². The summed E-state index contributed by atoms with van der Waals surface area (Å²) < 4.78 is 16.8. The van der Waals surface area contributed by atoms with E-state index in [1.807, 2.05) is 18.2 Å². The highest BCUT2D eigenvalue weighted by molar-refractivity contribution is 5.93. The minimum atomic E-state index is -0.990. The largest absolute Gasteiger partial charge is 0.490 e. The van der Waals surface area contributed by atoms with Crippen LogP contribution in [-0.4, -0.2) is 31.1 Å². The Labute approximate surface area is 157 Å². The van der Waals surface area contributed by atoms with E-state index in [1.165, 1.54) is 0 Å². The van der Waals surface area contributed by atoms with Crippen LogP contribution in [0, 0.1) is 0 Å². The summed E-state index contributed by atoms with van der Waals surface area (Å²) >= 11 is 0. The van der Waals surface area contributed by atoms with Gasteiger partial charge >= 0.3 is 5.97 Å². The Kier molecular flexibility index (Phi) is 4.96. The third-order valence-corrected chi connectivity index (χ3v) is 4.47. The molecule has 1 atom stereocenters. The Morgan fingerprint density at radius 3 is 2.48 bits per heavy atom. The normalized spacial score (nSPS) is 16.7. The average Bonchev–Trinajstić information content (AvgIpc) is 3.52. The van der Waals surface area contributed by atoms with E-state index in [1.54, 1.807) is 30.3 Å². The molecule has 2 aliphatic rings. The number of nitrogens with one attached hydrogen (secondary N) is 1. The molecule has 0 radical (unpaired) electrons. The molecule has 0 saturated heterocycles. The van der Waals surface area contributed by atoms with Gasteiger partial charge in [0.05, 0.1) is 18.8 Å². The molecular formula is C21H21NO5. The second kappa shape index (κ2) is 7.70. The molecule has 2 aromatic carbocycles. The molecule has 4 rings (SSSR count). The second-order valence-corrected chi connectivity index (χ2v) is 6.69. The van der Waals surface area contributed by atoms with Crippen molar-refractivity contribution in [3.05, 3.63) is 59.7 Å². The molecule has 1 aliphatic heterocycles. The first-order valence-electron chi connectivity index (χ1n) is 9.16. The number of esters is 1. The van der Waals surface area contributed by atoms with Gasteiger partial charge in [0.1, 0.15) is 0 Å². The van der Waals surface area contributed by atoms with Crippen LogP contribution in [0.2, 0.25) is 0 Å². The van der Waals surface area contributed by atoms with Crippen LogP contribution in [0.5, 0.6) is 11.5 Å². The van der Waals surface area contributed by atoms with Gasteiger partial charge in [-0.3, -0.25) is 4.79 Å². The maximum Gasteiger partial charge on any atom is 0.339 e. The standard InChI is InChI=1S/C21H21NO5/c23-20(22-16-8-9-16)19(14-5-2-1-3-6-14)27-21(24)15-7-10-17-18(13-15)26-12-4-11-25-17/h1-3,5-7,10,13,16,19H,4,8-9,11-12H2,(H,22,23). The Balaban J connectivity index is 1.54. The van der Waals surface area contributed by atoms with Gasteiger partial charge in [0.15, 0.2) is 11.5 Å². The number of rotatable bonds is 5. The van der Waals surface area contributed by atoms with Crippen LogP contribution in [0.1, 0.15) is 41.3 Å². The number of ether oxygens (including phenoxy) is 3. The fourth-order valence-electron chi connectivity index (χ4n) is 2.87. The summed E-state index contributed by atoms with van der Waals surface area (Å²) in [5.41, 5.74) is 0.956. The van der Waals surface area contributed by atoms with Gasteiger partial charge in [-0.2, -0.15) is 0 Å². The van der Waals surface area contributed by atoms with Gasteiger partial charge in [0.25, 0.3) is 5.91 Å². The van der Waals surface area contributed by atoms with Gasteiger partial charge in [-0.15, -0.1) is 0 Å². The number of fused-ring (bicyclic) bond motifs is 1. The van der Waals surface area contributed by atoms with E-state index in [-0.39, 0.29) is 11.9 Å². The minimum Gasteiger partial charge on any atom is -0.490 e. The molecule has 0 spiro atoms. The lowest BCUT2D eigenvalue weighted by molar-refractivity contribution is -0.130. The van der Waals surface area contributed by atoms with E-state index in [2.05, 4.69) is 5.32 Å². The zero-order chi connectivity index (χ0) is 18.6.